The SMILES string of the molecule is CCCCCCCCCCNC(C)c1cc(Br)ccc1F. The zero-order valence-corrected chi connectivity index (χ0v) is 15.0. The first kappa shape index (κ1) is 18.6. The molecule has 1 aromatic carbocycles. The lowest BCUT2D eigenvalue weighted by Gasteiger charge is -2.15. The van der Waals surface area contributed by atoms with Crippen molar-refractivity contribution < 1.29 is 4.39 Å². The molecular weight excluding hydrogens is 329 g/mol. The van der Waals surface area contributed by atoms with E-state index in [1.165, 1.54) is 57.4 Å². The van der Waals surface area contributed by atoms with Crippen LogP contribution in [0.3, 0.4) is 0 Å². The van der Waals surface area contributed by atoms with Crippen molar-refractivity contribution in [3.05, 3.63) is 34.1 Å². The van der Waals surface area contributed by atoms with Gasteiger partial charge in [-0.2, -0.15) is 0 Å². The lowest BCUT2D eigenvalue weighted by atomic mass is 10.1. The number of nitrogens with one attached hydrogen (secondary N) is 1. The van der Waals surface area contributed by atoms with E-state index in [0.717, 1.165) is 16.6 Å². The summed E-state index contributed by atoms with van der Waals surface area (Å²) in [6.45, 7) is 5.23. The molecule has 1 unspecified atom stereocenters. The summed E-state index contributed by atoms with van der Waals surface area (Å²) in [5, 5.41) is 3.42. The second-order valence-electron chi connectivity index (χ2n) is 5.82. The second kappa shape index (κ2) is 11.2. The van der Waals surface area contributed by atoms with Gasteiger partial charge in [-0.15, -0.1) is 0 Å². The Balaban J connectivity index is 2.11. The van der Waals surface area contributed by atoms with Crippen molar-refractivity contribution in [2.24, 2.45) is 0 Å². The summed E-state index contributed by atoms with van der Waals surface area (Å²) in [6.07, 6.45) is 10.6. The van der Waals surface area contributed by atoms with Crippen LogP contribution in [0.1, 0.15) is 76.8 Å². The molecule has 1 N–H and O–H groups in total. The van der Waals surface area contributed by atoms with E-state index in [9.17, 15) is 4.39 Å². The summed E-state index contributed by atoms with van der Waals surface area (Å²) in [7, 11) is 0. The summed E-state index contributed by atoms with van der Waals surface area (Å²) in [5.41, 5.74) is 0.740. The molecule has 0 heterocycles. The van der Waals surface area contributed by atoms with Crippen molar-refractivity contribution in [1.29, 1.82) is 0 Å². The predicted octanol–water partition coefficient (Wildman–Crippen LogP) is 6.38. The van der Waals surface area contributed by atoms with Crippen molar-refractivity contribution in [2.45, 2.75) is 71.3 Å². The van der Waals surface area contributed by atoms with Crippen LogP contribution in [0.4, 0.5) is 4.39 Å². The van der Waals surface area contributed by atoms with Gasteiger partial charge in [-0.25, -0.2) is 4.39 Å². The molecule has 0 bridgehead atoms. The van der Waals surface area contributed by atoms with Crippen LogP contribution in [-0.2, 0) is 0 Å². The Labute approximate surface area is 137 Å². The zero-order valence-electron chi connectivity index (χ0n) is 13.4. The molecule has 1 nitrogen and oxygen atoms in total. The molecule has 0 fully saturated rings. The Hall–Kier alpha value is -0.410. The second-order valence-corrected chi connectivity index (χ2v) is 6.73. The average Bonchev–Trinajstić information content (AvgIpc) is 2.48. The van der Waals surface area contributed by atoms with Crippen LogP contribution in [-0.4, -0.2) is 6.54 Å². The summed E-state index contributed by atoms with van der Waals surface area (Å²) < 4.78 is 14.7. The molecular formula is C18H29BrFN. The monoisotopic (exact) mass is 357 g/mol. The van der Waals surface area contributed by atoms with Gasteiger partial charge in [0.25, 0.3) is 0 Å². The van der Waals surface area contributed by atoms with Crippen LogP contribution in [0.2, 0.25) is 0 Å². The molecule has 0 aliphatic rings. The Bertz CT molecular complexity index is 395. The first-order chi connectivity index (χ1) is 10.1. The van der Waals surface area contributed by atoms with E-state index in [1.807, 2.05) is 13.0 Å². The number of halogens is 2. The summed E-state index contributed by atoms with van der Waals surface area (Å²) >= 11 is 3.40. The average molecular weight is 358 g/mol. The van der Waals surface area contributed by atoms with Gasteiger partial charge in [-0.05, 0) is 38.1 Å². The maximum absolute atomic E-state index is 13.7. The highest BCUT2D eigenvalue weighted by Crippen LogP contribution is 2.21. The smallest absolute Gasteiger partial charge is 0.128 e. The van der Waals surface area contributed by atoms with Gasteiger partial charge in [-0.3, -0.25) is 0 Å². The number of hydrogen-bond donors (Lipinski definition) is 1. The molecule has 3 heteroatoms. The van der Waals surface area contributed by atoms with E-state index in [2.05, 4.69) is 28.2 Å². The number of unbranched alkanes of at least 4 members (excludes halogenated alkanes) is 7. The minimum atomic E-state index is -0.130. The molecule has 1 aromatic rings. The summed E-state index contributed by atoms with van der Waals surface area (Å²) in [6, 6.07) is 5.19. The standard InChI is InChI=1S/C18H29BrFN/c1-3-4-5-6-7-8-9-10-13-21-15(2)17-14-16(19)11-12-18(17)20/h11-12,14-15,21H,3-10,13H2,1-2H3. The third-order valence-corrected chi connectivity index (χ3v) is 4.40. The molecule has 0 saturated heterocycles. The van der Waals surface area contributed by atoms with Gasteiger partial charge in [0.2, 0.25) is 0 Å². The van der Waals surface area contributed by atoms with Crippen LogP contribution in [0.5, 0.6) is 0 Å². The Morgan fingerprint density at radius 1 is 1.05 bits per heavy atom. The number of benzene rings is 1. The first-order valence-corrected chi connectivity index (χ1v) is 9.12. The van der Waals surface area contributed by atoms with Crippen LogP contribution >= 0.6 is 15.9 Å². The van der Waals surface area contributed by atoms with Crippen LogP contribution in [0, 0.1) is 5.82 Å². The fourth-order valence-electron chi connectivity index (χ4n) is 2.53. The van der Waals surface area contributed by atoms with E-state index in [4.69, 9.17) is 0 Å². The molecule has 0 aliphatic heterocycles. The van der Waals surface area contributed by atoms with Crippen LogP contribution in [0.15, 0.2) is 22.7 Å². The van der Waals surface area contributed by atoms with E-state index in [0.29, 0.717) is 0 Å². The van der Waals surface area contributed by atoms with E-state index >= 15 is 0 Å². The molecule has 120 valence electrons. The van der Waals surface area contributed by atoms with E-state index < -0.39 is 0 Å². The third kappa shape index (κ3) is 7.96. The zero-order chi connectivity index (χ0) is 15.5. The van der Waals surface area contributed by atoms with Gasteiger partial charge >= 0.3 is 0 Å². The van der Waals surface area contributed by atoms with Crippen molar-refractivity contribution >= 4 is 15.9 Å². The molecule has 0 radical (unpaired) electrons. The van der Waals surface area contributed by atoms with Crippen LogP contribution in [0.25, 0.3) is 0 Å². The molecule has 0 saturated carbocycles. The molecule has 0 aliphatic carbocycles. The molecule has 0 amide bonds. The van der Waals surface area contributed by atoms with Crippen molar-refractivity contribution in [2.75, 3.05) is 6.54 Å². The van der Waals surface area contributed by atoms with Gasteiger partial charge in [0.15, 0.2) is 0 Å². The van der Waals surface area contributed by atoms with Gasteiger partial charge < -0.3 is 5.32 Å². The van der Waals surface area contributed by atoms with E-state index in [-0.39, 0.29) is 11.9 Å². The molecule has 21 heavy (non-hydrogen) atoms. The molecule has 0 spiro atoms. The van der Waals surface area contributed by atoms with Crippen molar-refractivity contribution in [3.8, 4) is 0 Å². The normalized spacial score (nSPS) is 12.6. The largest absolute Gasteiger partial charge is 0.310 e. The van der Waals surface area contributed by atoms with Crippen molar-refractivity contribution in [3.63, 3.8) is 0 Å². The fraction of sp³-hybridized carbons (Fsp3) is 0.667. The Morgan fingerprint density at radius 2 is 1.67 bits per heavy atom. The topological polar surface area (TPSA) is 12.0 Å². The first-order valence-electron chi connectivity index (χ1n) is 8.33. The van der Waals surface area contributed by atoms with Crippen molar-refractivity contribution in [1.82, 2.24) is 5.32 Å². The lowest BCUT2D eigenvalue weighted by molar-refractivity contribution is 0.502. The quantitative estimate of drug-likeness (QED) is 0.453. The van der Waals surface area contributed by atoms with Gasteiger partial charge in [-0.1, -0.05) is 67.8 Å². The number of hydrogen-bond acceptors (Lipinski definition) is 1. The molecule has 1 atom stereocenters. The van der Waals surface area contributed by atoms with Gasteiger partial charge in [0.05, 0.1) is 0 Å². The van der Waals surface area contributed by atoms with E-state index in [1.54, 1.807) is 6.07 Å². The maximum Gasteiger partial charge on any atom is 0.128 e. The minimum absolute atomic E-state index is 0.0621. The Kier molecular flexibility index (Phi) is 9.94. The minimum Gasteiger partial charge on any atom is -0.310 e. The van der Waals surface area contributed by atoms with Gasteiger partial charge in [0, 0.05) is 16.1 Å². The predicted molar refractivity (Wildman–Crippen MR) is 93.1 cm³/mol. The fourth-order valence-corrected chi connectivity index (χ4v) is 2.91. The van der Waals surface area contributed by atoms with Crippen LogP contribution < -0.4 is 5.32 Å². The number of rotatable bonds is 11. The third-order valence-electron chi connectivity index (χ3n) is 3.91. The Morgan fingerprint density at radius 3 is 2.33 bits per heavy atom. The molecule has 1 rings (SSSR count). The molecule has 0 aromatic heterocycles. The summed E-state index contributed by atoms with van der Waals surface area (Å²) in [4.78, 5) is 0. The highest BCUT2D eigenvalue weighted by atomic mass is 79.9. The summed E-state index contributed by atoms with van der Waals surface area (Å²) in [5.74, 6) is -0.130. The maximum atomic E-state index is 13.7. The van der Waals surface area contributed by atoms with Gasteiger partial charge in [0.1, 0.15) is 5.82 Å². The highest BCUT2D eigenvalue weighted by Gasteiger charge is 2.10. The highest BCUT2D eigenvalue weighted by molar-refractivity contribution is 9.10. The lowest BCUT2D eigenvalue weighted by Crippen LogP contribution is -2.20.